The lowest BCUT2D eigenvalue weighted by Gasteiger charge is -2.09. The van der Waals surface area contributed by atoms with Crippen LogP contribution in [0.1, 0.15) is 17.5 Å². The Kier molecular flexibility index (Phi) is 4.71. The van der Waals surface area contributed by atoms with Gasteiger partial charge in [-0.05, 0) is 49.6 Å². The number of aryl methyl sites for hydroxylation is 2. The largest absolute Gasteiger partial charge is 0.326 e. The van der Waals surface area contributed by atoms with Gasteiger partial charge in [-0.1, -0.05) is 40.2 Å². The van der Waals surface area contributed by atoms with Gasteiger partial charge in [0.2, 0.25) is 11.8 Å². The second-order valence-corrected chi connectivity index (χ2v) is 7.06. The summed E-state index contributed by atoms with van der Waals surface area (Å²) >= 11 is 3.45. The van der Waals surface area contributed by atoms with Crippen LogP contribution < -0.4 is 10.6 Å². The Labute approximate surface area is 149 Å². The number of halogens is 1. The molecule has 0 aromatic heterocycles. The van der Waals surface area contributed by atoms with Gasteiger partial charge in [-0.2, -0.15) is 0 Å². The van der Waals surface area contributed by atoms with Gasteiger partial charge in [0.05, 0.1) is 11.8 Å². The fraction of sp³-hybridized carbons (Fsp3) is 0.263. The minimum Gasteiger partial charge on any atom is -0.326 e. The molecule has 0 saturated heterocycles. The quantitative estimate of drug-likeness (QED) is 0.823. The number of nitrogens with one attached hydrogen (secondary N) is 2. The van der Waals surface area contributed by atoms with Crippen LogP contribution in [0.2, 0.25) is 0 Å². The SMILES string of the molecule is Cc1ccc(NC(=O)C2CC2C(=O)Nc2ccccc2C)cc1Br. The second kappa shape index (κ2) is 6.77. The van der Waals surface area contributed by atoms with Crippen molar-refractivity contribution in [1.29, 1.82) is 0 Å². The van der Waals surface area contributed by atoms with E-state index in [0.717, 1.165) is 27.0 Å². The molecule has 24 heavy (non-hydrogen) atoms. The summed E-state index contributed by atoms with van der Waals surface area (Å²) in [6.45, 7) is 3.93. The third-order valence-electron chi connectivity index (χ3n) is 4.31. The number of rotatable bonds is 4. The van der Waals surface area contributed by atoms with Gasteiger partial charge < -0.3 is 10.6 Å². The Morgan fingerprint density at radius 2 is 1.62 bits per heavy atom. The summed E-state index contributed by atoms with van der Waals surface area (Å²) in [5, 5.41) is 5.79. The average molecular weight is 387 g/mol. The molecule has 2 N–H and O–H groups in total. The van der Waals surface area contributed by atoms with Crippen molar-refractivity contribution in [3.05, 3.63) is 58.1 Å². The molecule has 1 aliphatic rings. The zero-order chi connectivity index (χ0) is 17.3. The van der Waals surface area contributed by atoms with E-state index in [1.165, 1.54) is 0 Å². The lowest BCUT2D eigenvalue weighted by atomic mass is 10.2. The summed E-state index contributed by atoms with van der Waals surface area (Å²) in [7, 11) is 0. The van der Waals surface area contributed by atoms with Crippen LogP contribution in [0.15, 0.2) is 46.9 Å². The van der Waals surface area contributed by atoms with E-state index in [9.17, 15) is 9.59 Å². The molecule has 2 unspecified atom stereocenters. The van der Waals surface area contributed by atoms with Crippen molar-refractivity contribution in [2.45, 2.75) is 20.3 Å². The first-order valence-corrected chi connectivity index (χ1v) is 8.68. The molecular weight excluding hydrogens is 368 g/mol. The molecule has 0 radical (unpaired) electrons. The maximum absolute atomic E-state index is 12.3. The molecule has 0 aliphatic heterocycles. The summed E-state index contributed by atoms with van der Waals surface area (Å²) in [6.07, 6.45) is 0.594. The fourth-order valence-electron chi connectivity index (χ4n) is 2.62. The van der Waals surface area contributed by atoms with Crippen LogP contribution in [-0.4, -0.2) is 11.8 Å². The topological polar surface area (TPSA) is 58.2 Å². The smallest absolute Gasteiger partial charge is 0.228 e. The molecule has 2 aromatic carbocycles. The molecule has 0 heterocycles. The minimum absolute atomic E-state index is 0.0884. The zero-order valence-electron chi connectivity index (χ0n) is 13.6. The van der Waals surface area contributed by atoms with Crippen molar-refractivity contribution < 1.29 is 9.59 Å². The number of para-hydroxylation sites is 1. The standard InChI is InChI=1S/C19H19BrN2O2/c1-11-7-8-13(9-16(11)20)21-18(23)14-10-15(14)19(24)22-17-6-4-3-5-12(17)2/h3-9,14-15H,10H2,1-2H3,(H,21,23)(H,22,24). The molecule has 4 nitrogen and oxygen atoms in total. The Balaban J connectivity index is 1.58. The number of carbonyl (C=O) groups is 2. The van der Waals surface area contributed by atoms with Crippen molar-refractivity contribution in [3.63, 3.8) is 0 Å². The Morgan fingerprint density at radius 3 is 2.29 bits per heavy atom. The van der Waals surface area contributed by atoms with Gasteiger partial charge in [-0.25, -0.2) is 0 Å². The van der Waals surface area contributed by atoms with Crippen molar-refractivity contribution in [2.75, 3.05) is 10.6 Å². The van der Waals surface area contributed by atoms with Gasteiger partial charge in [0.1, 0.15) is 0 Å². The maximum Gasteiger partial charge on any atom is 0.228 e. The summed E-state index contributed by atoms with van der Waals surface area (Å²) in [6, 6.07) is 13.3. The predicted molar refractivity (Wildman–Crippen MR) is 98.9 cm³/mol. The Morgan fingerprint density at radius 1 is 0.958 bits per heavy atom. The molecule has 2 atom stereocenters. The van der Waals surface area contributed by atoms with E-state index in [1.54, 1.807) is 0 Å². The summed E-state index contributed by atoms with van der Waals surface area (Å²) < 4.78 is 0.949. The molecule has 1 saturated carbocycles. The summed E-state index contributed by atoms with van der Waals surface area (Å²) in [5.74, 6) is -0.696. The molecular formula is C19H19BrN2O2. The monoisotopic (exact) mass is 386 g/mol. The van der Waals surface area contributed by atoms with Crippen LogP contribution in [-0.2, 0) is 9.59 Å². The molecule has 0 bridgehead atoms. The minimum atomic E-state index is -0.255. The van der Waals surface area contributed by atoms with Crippen LogP contribution in [0.5, 0.6) is 0 Å². The molecule has 2 amide bonds. The van der Waals surface area contributed by atoms with Gasteiger partial charge in [-0.3, -0.25) is 9.59 Å². The van der Waals surface area contributed by atoms with Gasteiger partial charge in [0.25, 0.3) is 0 Å². The summed E-state index contributed by atoms with van der Waals surface area (Å²) in [5.41, 5.74) is 3.66. The normalized spacial score (nSPS) is 18.8. The van der Waals surface area contributed by atoms with E-state index in [0.29, 0.717) is 6.42 Å². The molecule has 3 rings (SSSR count). The highest BCUT2D eigenvalue weighted by Gasteiger charge is 2.48. The number of amides is 2. The van der Waals surface area contributed by atoms with Crippen molar-refractivity contribution in [2.24, 2.45) is 11.8 Å². The van der Waals surface area contributed by atoms with Gasteiger partial charge in [0.15, 0.2) is 0 Å². The van der Waals surface area contributed by atoms with Crippen molar-refractivity contribution in [1.82, 2.24) is 0 Å². The lowest BCUT2D eigenvalue weighted by Crippen LogP contribution is -2.20. The predicted octanol–water partition coefficient (Wildman–Crippen LogP) is 4.28. The van der Waals surface area contributed by atoms with Gasteiger partial charge in [-0.15, -0.1) is 0 Å². The number of benzene rings is 2. The highest BCUT2D eigenvalue weighted by Crippen LogP contribution is 2.40. The molecule has 124 valence electrons. The first-order chi connectivity index (χ1) is 11.5. The Bertz CT molecular complexity index is 804. The van der Waals surface area contributed by atoms with Crippen LogP contribution >= 0.6 is 15.9 Å². The number of anilines is 2. The van der Waals surface area contributed by atoms with Crippen LogP contribution in [0.25, 0.3) is 0 Å². The van der Waals surface area contributed by atoms with Gasteiger partial charge in [0, 0.05) is 15.8 Å². The molecule has 0 spiro atoms. The fourth-order valence-corrected chi connectivity index (χ4v) is 3.00. The van der Waals surface area contributed by atoms with Crippen LogP contribution in [0.3, 0.4) is 0 Å². The third-order valence-corrected chi connectivity index (χ3v) is 5.16. The lowest BCUT2D eigenvalue weighted by molar-refractivity contribution is -0.122. The van der Waals surface area contributed by atoms with Crippen molar-refractivity contribution in [3.8, 4) is 0 Å². The first kappa shape index (κ1) is 16.7. The van der Waals surface area contributed by atoms with Crippen LogP contribution in [0.4, 0.5) is 11.4 Å². The maximum atomic E-state index is 12.3. The highest BCUT2D eigenvalue weighted by molar-refractivity contribution is 9.10. The molecule has 5 heteroatoms. The number of carbonyl (C=O) groups excluding carboxylic acids is 2. The van der Waals surface area contributed by atoms with E-state index in [2.05, 4.69) is 26.6 Å². The molecule has 2 aromatic rings. The zero-order valence-corrected chi connectivity index (χ0v) is 15.2. The molecule has 1 aliphatic carbocycles. The van der Waals surface area contributed by atoms with E-state index >= 15 is 0 Å². The number of hydrogen-bond acceptors (Lipinski definition) is 2. The highest BCUT2D eigenvalue weighted by atomic mass is 79.9. The van der Waals surface area contributed by atoms with E-state index in [4.69, 9.17) is 0 Å². The second-order valence-electron chi connectivity index (χ2n) is 6.21. The average Bonchev–Trinajstić information content (AvgIpc) is 3.34. The van der Waals surface area contributed by atoms with Crippen molar-refractivity contribution >= 4 is 39.1 Å². The Hall–Kier alpha value is -2.14. The van der Waals surface area contributed by atoms with Gasteiger partial charge >= 0.3 is 0 Å². The van der Waals surface area contributed by atoms with E-state index in [-0.39, 0.29) is 23.7 Å². The molecule has 1 fully saturated rings. The number of hydrogen-bond donors (Lipinski definition) is 2. The van der Waals surface area contributed by atoms with E-state index < -0.39 is 0 Å². The third kappa shape index (κ3) is 3.67. The van der Waals surface area contributed by atoms with E-state index in [1.807, 2.05) is 56.3 Å². The first-order valence-electron chi connectivity index (χ1n) is 7.89. The van der Waals surface area contributed by atoms with Crippen LogP contribution in [0, 0.1) is 25.7 Å². The summed E-state index contributed by atoms with van der Waals surface area (Å²) in [4.78, 5) is 24.6.